The normalized spacial score (nSPS) is 19.5. The van der Waals surface area contributed by atoms with E-state index >= 15 is 0 Å². The second kappa shape index (κ2) is 6.67. The zero-order valence-corrected chi connectivity index (χ0v) is 17.3. The fraction of sp³-hybridized carbons (Fsp3) is 0.240. The number of phenolic OH excluding ortho intramolecular Hbond substituents is 1. The number of fused-ring (bicyclic) bond motifs is 4. The van der Waals surface area contributed by atoms with Crippen molar-refractivity contribution in [3.63, 3.8) is 0 Å². The third-order valence-electron chi connectivity index (χ3n) is 6.27. The lowest BCUT2D eigenvalue weighted by Gasteiger charge is -2.40. The molecule has 0 amide bonds. The van der Waals surface area contributed by atoms with Crippen LogP contribution in [0, 0.1) is 15.5 Å². The molecule has 2 N–H and O–H groups in total. The number of allylic oxidation sites excluding steroid dienone is 1. The number of aromatic hydroxyl groups is 1. The Kier molecular flexibility index (Phi) is 4.15. The molecule has 1 aliphatic heterocycles. The van der Waals surface area contributed by atoms with Crippen molar-refractivity contribution in [2.45, 2.75) is 32.7 Å². The molecule has 0 aromatic heterocycles. The molecule has 1 heterocycles. The van der Waals surface area contributed by atoms with Gasteiger partial charge in [-0.3, -0.25) is 14.9 Å². The molecule has 1 aliphatic carbocycles. The molecule has 1 atom stereocenters. The lowest BCUT2D eigenvalue weighted by molar-refractivity contribution is -0.384. The molecule has 6 heteroatoms. The zero-order valence-electron chi connectivity index (χ0n) is 17.3. The van der Waals surface area contributed by atoms with Crippen LogP contribution < -0.4 is 5.32 Å². The summed E-state index contributed by atoms with van der Waals surface area (Å²) in [4.78, 5) is 24.2. The second-order valence-electron chi connectivity index (χ2n) is 9.12. The minimum absolute atomic E-state index is 0.00763. The average molecular weight is 414 g/mol. The lowest BCUT2D eigenvalue weighted by Crippen LogP contribution is -2.33. The maximum Gasteiger partial charge on any atom is 0.270 e. The van der Waals surface area contributed by atoms with Gasteiger partial charge in [0.2, 0.25) is 0 Å². The van der Waals surface area contributed by atoms with Crippen molar-refractivity contribution in [2.75, 3.05) is 5.32 Å². The largest absolute Gasteiger partial charge is 0.508 e. The Hall–Kier alpha value is -3.67. The summed E-state index contributed by atoms with van der Waals surface area (Å²) < 4.78 is 0. The van der Waals surface area contributed by atoms with Crippen molar-refractivity contribution in [2.24, 2.45) is 5.41 Å². The first-order chi connectivity index (χ1) is 14.7. The van der Waals surface area contributed by atoms with Crippen LogP contribution in [0.3, 0.4) is 0 Å². The summed E-state index contributed by atoms with van der Waals surface area (Å²) in [5, 5.41) is 27.5. The van der Waals surface area contributed by atoms with Gasteiger partial charge in [-0.15, -0.1) is 0 Å². The Morgan fingerprint density at radius 3 is 2.65 bits per heavy atom. The summed E-state index contributed by atoms with van der Waals surface area (Å²) in [6, 6.07) is 15.4. The van der Waals surface area contributed by atoms with Gasteiger partial charge in [0.1, 0.15) is 5.75 Å². The van der Waals surface area contributed by atoms with Crippen LogP contribution >= 0.6 is 0 Å². The van der Waals surface area contributed by atoms with Crippen molar-refractivity contribution in [3.05, 3.63) is 81.4 Å². The topological polar surface area (TPSA) is 92.5 Å². The zero-order chi connectivity index (χ0) is 21.9. The molecule has 0 fully saturated rings. The van der Waals surface area contributed by atoms with E-state index in [0.29, 0.717) is 24.0 Å². The number of rotatable bonds is 2. The highest BCUT2D eigenvalue weighted by Gasteiger charge is 2.41. The average Bonchev–Trinajstić information content (AvgIpc) is 2.72. The molecule has 31 heavy (non-hydrogen) atoms. The van der Waals surface area contributed by atoms with E-state index in [1.165, 1.54) is 18.2 Å². The van der Waals surface area contributed by atoms with E-state index in [1.54, 1.807) is 0 Å². The van der Waals surface area contributed by atoms with Crippen molar-refractivity contribution in [3.8, 4) is 5.75 Å². The quantitative estimate of drug-likeness (QED) is 0.411. The molecule has 3 aromatic carbocycles. The molecule has 3 aromatic rings. The fourth-order valence-electron chi connectivity index (χ4n) is 4.96. The van der Waals surface area contributed by atoms with Crippen LogP contribution in [0.1, 0.15) is 43.9 Å². The third-order valence-corrected chi connectivity index (χ3v) is 6.27. The number of carbonyl (C=O) groups is 1. The molecular weight excluding hydrogens is 392 g/mol. The third kappa shape index (κ3) is 3.06. The Bertz CT molecular complexity index is 1310. The van der Waals surface area contributed by atoms with Gasteiger partial charge in [-0.05, 0) is 40.3 Å². The van der Waals surface area contributed by atoms with E-state index in [1.807, 2.05) is 30.3 Å². The number of hydrogen-bond donors (Lipinski definition) is 2. The molecule has 0 saturated carbocycles. The van der Waals surface area contributed by atoms with Crippen molar-refractivity contribution in [1.29, 1.82) is 0 Å². The first kappa shape index (κ1) is 19.3. The first-order valence-electron chi connectivity index (χ1n) is 10.3. The number of carbonyl (C=O) groups excluding carboxylic acids is 1. The number of benzene rings is 3. The van der Waals surface area contributed by atoms with Crippen molar-refractivity contribution < 1.29 is 14.8 Å². The molecule has 0 saturated heterocycles. The lowest BCUT2D eigenvalue weighted by atomic mass is 9.67. The van der Waals surface area contributed by atoms with E-state index in [2.05, 4.69) is 25.2 Å². The Morgan fingerprint density at radius 2 is 1.87 bits per heavy atom. The molecule has 6 nitrogen and oxygen atoms in total. The fourth-order valence-corrected chi connectivity index (χ4v) is 4.96. The maximum atomic E-state index is 13.4. The number of phenols is 1. The summed E-state index contributed by atoms with van der Waals surface area (Å²) in [5.74, 6) is -0.0648. The van der Waals surface area contributed by atoms with Gasteiger partial charge in [0.25, 0.3) is 5.69 Å². The number of anilines is 1. The summed E-state index contributed by atoms with van der Waals surface area (Å²) in [6.07, 6.45) is 1.10. The summed E-state index contributed by atoms with van der Waals surface area (Å²) in [7, 11) is 0. The standard InChI is InChI=1S/C25H22N2O4/c1-25(2)12-18-22-16-6-4-3-5-14(16)7-9-19(22)26-24(23(18)21(29)13-25)17-11-15(27(30)31)8-10-20(17)28/h3-11,24,26,28H,12-13H2,1-2H3. The van der Waals surface area contributed by atoms with Gasteiger partial charge in [-0.2, -0.15) is 0 Å². The predicted octanol–water partition coefficient (Wildman–Crippen LogP) is 5.76. The Labute approximate surface area is 179 Å². The molecule has 0 spiro atoms. The van der Waals surface area contributed by atoms with Crippen LogP contribution in [0.15, 0.2) is 60.2 Å². The van der Waals surface area contributed by atoms with Crippen LogP contribution in [0.4, 0.5) is 11.4 Å². The number of nitro benzene ring substituents is 1. The van der Waals surface area contributed by atoms with Gasteiger partial charge in [0.05, 0.1) is 11.0 Å². The number of nitrogens with one attached hydrogen (secondary N) is 1. The monoisotopic (exact) mass is 414 g/mol. The van der Waals surface area contributed by atoms with Gasteiger partial charge < -0.3 is 10.4 Å². The second-order valence-corrected chi connectivity index (χ2v) is 9.12. The number of hydrogen-bond acceptors (Lipinski definition) is 5. The van der Waals surface area contributed by atoms with Crippen LogP contribution in [-0.2, 0) is 4.79 Å². The van der Waals surface area contributed by atoms with E-state index in [-0.39, 0.29) is 22.6 Å². The van der Waals surface area contributed by atoms with Crippen LogP contribution in [0.5, 0.6) is 5.75 Å². The highest BCUT2D eigenvalue weighted by Crippen LogP contribution is 2.53. The van der Waals surface area contributed by atoms with Gasteiger partial charge in [-0.25, -0.2) is 0 Å². The van der Waals surface area contributed by atoms with Crippen molar-refractivity contribution >= 4 is 33.5 Å². The van der Waals surface area contributed by atoms with Gasteiger partial charge in [-0.1, -0.05) is 44.2 Å². The number of ketones is 1. The van der Waals surface area contributed by atoms with Crippen molar-refractivity contribution in [1.82, 2.24) is 0 Å². The summed E-state index contributed by atoms with van der Waals surface area (Å²) >= 11 is 0. The first-order valence-corrected chi connectivity index (χ1v) is 10.3. The molecule has 0 bridgehead atoms. The molecule has 0 radical (unpaired) electrons. The minimum Gasteiger partial charge on any atom is -0.508 e. The van der Waals surface area contributed by atoms with E-state index in [0.717, 1.165) is 27.6 Å². The summed E-state index contributed by atoms with van der Waals surface area (Å²) in [5.41, 5.74) is 3.45. The molecule has 1 unspecified atom stereocenters. The highest BCUT2D eigenvalue weighted by atomic mass is 16.6. The number of Topliss-reactive ketones (excluding diaryl/α,β-unsaturated/α-hetero) is 1. The van der Waals surface area contributed by atoms with Gasteiger partial charge >= 0.3 is 0 Å². The SMILES string of the molecule is CC1(C)CC(=O)C2=C(C1)c1c(ccc3ccccc13)NC2c1cc([N+](=O)[O-])ccc1O. The van der Waals surface area contributed by atoms with Crippen LogP contribution in [0.25, 0.3) is 16.3 Å². The highest BCUT2D eigenvalue weighted by molar-refractivity contribution is 6.13. The van der Waals surface area contributed by atoms with Crippen LogP contribution in [0.2, 0.25) is 0 Å². The number of nitro groups is 1. The van der Waals surface area contributed by atoms with Gasteiger partial charge in [0.15, 0.2) is 5.78 Å². The van der Waals surface area contributed by atoms with Gasteiger partial charge in [0, 0.05) is 40.9 Å². The molecule has 2 aliphatic rings. The maximum absolute atomic E-state index is 13.4. The number of non-ortho nitro benzene ring substituents is 1. The van der Waals surface area contributed by atoms with Crippen LogP contribution in [-0.4, -0.2) is 15.8 Å². The number of nitrogens with zero attached hydrogens (tertiary/aromatic N) is 1. The molecular formula is C25H22N2O4. The Balaban J connectivity index is 1.80. The van der Waals surface area contributed by atoms with E-state index in [9.17, 15) is 20.0 Å². The Morgan fingerprint density at radius 1 is 1.10 bits per heavy atom. The smallest absolute Gasteiger partial charge is 0.270 e. The predicted molar refractivity (Wildman–Crippen MR) is 120 cm³/mol. The minimum atomic E-state index is -0.646. The molecule has 5 rings (SSSR count). The van der Waals surface area contributed by atoms with E-state index in [4.69, 9.17) is 0 Å². The van der Waals surface area contributed by atoms with E-state index < -0.39 is 11.0 Å². The summed E-state index contributed by atoms with van der Waals surface area (Å²) in [6.45, 7) is 4.17. The molecule has 156 valence electrons.